The number of rotatable bonds is 5. The Labute approximate surface area is 91.3 Å². The summed E-state index contributed by atoms with van der Waals surface area (Å²) in [5.74, 6) is 0.108. The van der Waals surface area contributed by atoms with E-state index in [-0.39, 0.29) is 17.7 Å². The average molecular weight is 238 g/mol. The first-order valence-electron chi connectivity index (χ1n) is 4.38. The van der Waals surface area contributed by atoms with Crippen LogP contribution in [-0.2, 0) is 10.0 Å². The lowest BCUT2D eigenvalue weighted by molar-refractivity contribution is 0.458. The molecule has 4 nitrogen and oxygen atoms in total. The fraction of sp³-hybridized carbons (Fsp3) is 0.875. The highest BCUT2D eigenvalue weighted by Gasteiger charge is 2.20. The summed E-state index contributed by atoms with van der Waals surface area (Å²) in [6, 6.07) is 0. The smallest absolute Gasteiger partial charge is 0.212 e. The maximum absolute atomic E-state index is 11.4. The molecule has 0 spiro atoms. The molecule has 0 aliphatic carbocycles. The molecule has 84 valence electrons. The lowest BCUT2D eigenvalue weighted by Crippen LogP contribution is -2.34. The van der Waals surface area contributed by atoms with Crippen LogP contribution in [0.25, 0.3) is 0 Å². The third-order valence-corrected chi connectivity index (χ3v) is 3.41. The molecule has 14 heavy (non-hydrogen) atoms. The molecule has 0 saturated carbocycles. The van der Waals surface area contributed by atoms with Crippen molar-refractivity contribution in [2.24, 2.45) is 11.1 Å². The predicted octanol–water partition coefficient (Wildman–Crippen LogP) is 0.628. The second kappa shape index (κ2) is 5.04. The van der Waals surface area contributed by atoms with Crippen molar-refractivity contribution in [2.75, 3.05) is 12.3 Å². The van der Waals surface area contributed by atoms with E-state index in [1.54, 1.807) is 0 Å². The van der Waals surface area contributed by atoms with Gasteiger partial charge in [0.05, 0.1) is 10.7 Å². The zero-order valence-corrected chi connectivity index (χ0v) is 10.5. The van der Waals surface area contributed by atoms with Crippen LogP contribution >= 0.6 is 12.2 Å². The number of sulfonamides is 1. The van der Waals surface area contributed by atoms with Gasteiger partial charge < -0.3 is 5.73 Å². The van der Waals surface area contributed by atoms with Gasteiger partial charge in [-0.05, 0) is 5.41 Å². The molecule has 0 amide bonds. The molecule has 0 aromatic carbocycles. The molecular weight excluding hydrogens is 220 g/mol. The molecule has 0 saturated heterocycles. The largest absolute Gasteiger partial charge is 0.393 e. The Morgan fingerprint density at radius 3 is 2.29 bits per heavy atom. The van der Waals surface area contributed by atoms with Crippen LogP contribution in [0.4, 0.5) is 0 Å². The van der Waals surface area contributed by atoms with E-state index in [9.17, 15) is 8.42 Å². The third kappa shape index (κ3) is 8.40. The fourth-order valence-electron chi connectivity index (χ4n) is 0.951. The fourth-order valence-corrected chi connectivity index (χ4v) is 2.71. The van der Waals surface area contributed by atoms with Crippen molar-refractivity contribution in [3.63, 3.8) is 0 Å². The van der Waals surface area contributed by atoms with Crippen molar-refractivity contribution in [1.82, 2.24) is 4.72 Å². The number of hydrogen-bond donors (Lipinski definition) is 2. The molecule has 0 atom stereocenters. The molecule has 0 aromatic heterocycles. The molecule has 0 aliphatic rings. The van der Waals surface area contributed by atoms with E-state index in [2.05, 4.69) is 16.9 Å². The van der Waals surface area contributed by atoms with E-state index in [4.69, 9.17) is 5.73 Å². The molecular formula is C8H18N2O2S2. The first kappa shape index (κ1) is 13.8. The van der Waals surface area contributed by atoms with Crippen molar-refractivity contribution < 1.29 is 8.42 Å². The quantitative estimate of drug-likeness (QED) is 0.689. The van der Waals surface area contributed by atoms with E-state index in [0.717, 1.165) is 0 Å². The topological polar surface area (TPSA) is 72.2 Å². The molecule has 0 rings (SSSR count). The zero-order chi connectivity index (χ0) is 11.4. The van der Waals surface area contributed by atoms with Gasteiger partial charge in [0, 0.05) is 13.0 Å². The van der Waals surface area contributed by atoms with Crippen molar-refractivity contribution in [3.8, 4) is 0 Å². The van der Waals surface area contributed by atoms with Gasteiger partial charge in [-0.3, -0.25) is 0 Å². The number of nitrogens with two attached hydrogens (primary N) is 1. The lowest BCUT2D eigenvalue weighted by Gasteiger charge is -2.18. The monoisotopic (exact) mass is 238 g/mol. The van der Waals surface area contributed by atoms with Gasteiger partial charge in [0.15, 0.2) is 0 Å². The highest BCUT2D eigenvalue weighted by molar-refractivity contribution is 7.89. The molecule has 3 N–H and O–H groups in total. The molecule has 0 radical (unpaired) electrons. The normalized spacial score (nSPS) is 12.8. The summed E-state index contributed by atoms with van der Waals surface area (Å²) in [7, 11) is -3.20. The van der Waals surface area contributed by atoms with E-state index >= 15 is 0 Å². The summed E-state index contributed by atoms with van der Waals surface area (Å²) >= 11 is 4.64. The van der Waals surface area contributed by atoms with Crippen LogP contribution in [0.3, 0.4) is 0 Å². The molecule has 0 fully saturated rings. The van der Waals surface area contributed by atoms with Gasteiger partial charge in [0.2, 0.25) is 10.0 Å². The second-order valence-electron chi connectivity index (χ2n) is 4.43. The van der Waals surface area contributed by atoms with Crippen molar-refractivity contribution in [1.29, 1.82) is 0 Å². The van der Waals surface area contributed by atoms with Crippen LogP contribution in [0.5, 0.6) is 0 Å². The molecule has 0 heterocycles. The number of hydrogen-bond acceptors (Lipinski definition) is 3. The van der Waals surface area contributed by atoms with E-state index < -0.39 is 10.0 Å². The summed E-state index contributed by atoms with van der Waals surface area (Å²) in [6.07, 6.45) is 0.401. The Morgan fingerprint density at radius 1 is 1.43 bits per heavy atom. The lowest BCUT2D eigenvalue weighted by atomic mass is 10.0. The number of nitrogens with one attached hydrogen (secondary N) is 1. The third-order valence-electron chi connectivity index (χ3n) is 1.32. The van der Waals surface area contributed by atoms with Crippen LogP contribution in [0.1, 0.15) is 27.2 Å². The van der Waals surface area contributed by atoms with E-state index in [0.29, 0.717) is 11.4 Å². The van der Waals surface area contributed by atoms with Crippen molar-refractivity contribution >= 4 is 27.2 Å². The first-order valence-corrected chi connectivity index (χ1v) is 6.44. The van der Waals surface area contributed by atoms with Crippen molar-refractivity contribution in [3.05, 3.63) is 0 Å². The molecule has 0 aliphatic heterocycles. The Hall–Kier alpha value is -0.200. The van der Waals surface area contributed by atoms with Gasteiger partial charge in [-0.1, -0.05) is 33.0 Å². The van der Waals surface area contributed by atoms with Crippen LogP contribution in [0, 0.1) is 5.41 Å². The van der Waals surface area contributed by atoms with Gasteiger partial charge in [0.25, 0.3) is 0 Å². The van der Waals surface area contributed by atoms with Gasteiger partial charge in [-0.15, -0.1) is 0 Å². The van der Waals surface area contributed by atoms with E-state index in [1.165, 1.54) is 0 Å². The minimum Gasteiger partial charge on any atom is -0.393 e. The average Bonchev–Trinajstić information content (AvgIpc) is 1.78. The molecule has 0 bridgehead atoms. The predicted molar refractivity (Wildman–Crippen MR) is 62.6 cm³/mol. The number of thiocarbonyl (C=S) groups is 1. The van der Waals surface area contributed by atoms with Crippen LogP contribution in [0.2, 0.25) is 0 Å². The van der Waals surface area contributed by atoms with Crippen LogP contribution in [-0.4, -0.2) is 25.7 Å². The Balaban J connectivity index is 4.04. The second-order valence-corrected chi connectivity index (χ2v) is 6.76. The van der Waals surface area contributed by atoms with Crippen LogP contribution < -0.4 is 10.5 Å². The summed E-state index contributed by atoms with van der Waals surface area (Å²) in [5, 5.41) is 0. The van der Waals surface area contributed by atoms with Gasteiger partial charge in [-0.25, -0.2) is 13.1 Å². The standard InChI is InChI=1S/C8H18N2O2S2/c1-8(2,3)6-14(11,12)10-5-4-7(9)13/h10H,4-6H2,1-3H3,(H2,9,13). The zero-order valence-electron chi connectivity index (χ0n) is 8.83. The Morgan fingerprint density at radius 2 is 1.93 bits per heavy atom. The maximum Gasteiger partial charge on any atom is 0.212 e. The molecule has 0 unspecified atom stereocenters. The molecule has 0 aromatic rings. The SMILES string of the molecule is CC(C)(C)CS(=O)(=O)NCCC(N)=S. The summed E-state index contributed by atoms with van der Waals surface area (Å²) in [4.78, 5) is 0.323. The maximum atomic E-state index is 11.4. The Bertz CT molecular complexity index is 291. The van der Waals surface area contributed by atoms with Gasteiger partial charge in [-0.2, -0.15) is 0 Å². The summed E-state index contributed by atoms with van der Waals surface area (Å²) in [5.41, 5.74) is 5.00. The van der Waals surface area contributed by atoms with Gasteiger partial charge in [0.1, 0.15) is 0 Å². The highest BCUT2D eigenvalue weighted by Crippen LogP contribution is 2.14. The summed E-state index contributed by atoms with van der Waals surface area (Å²) in [6.45, 7) is 5.91. The van der Waals surface area contributed by atoms with Gasteiger partial charge >= 0.3 is 0 Å². The first-order chi connectivity index (χ1) is 6.12. The minimum absolute atomic E-state index is 0.108. The Kier molecular flexibility index (Phi) is 4.97. The van der Waals surface area contributed by atoms with E-state index in [1.807, 2.05) is 20.8 Å². The van der Waals surface area contributed by atoms with Crippen molar-refractivity contribution in [2.45, 2.75) is 27.2 Å². The van der Waals surface area contributed by atoms with Crippen LogP contribution in [0.15, 0.2) is 0 Å². The highest BCUT2D eigenvalue weighted by atomic mass is 32.2. The molecule has 6 heteroatoms. The summed E-state index contributed by atoms with van der Waals surface area (Å²) < 4.78 is 25.3. The minimum atomic E-state index is -3.20.